The highest BCUT2D eigenvalue weighted by Gasteiger charge is 2.50. The SMILES string of the molecule is O=Cc1ccc(OC(O)(O)C(O)(O)O)c(F)c1-c1c(Cl)c(F)cc2c1CC(c1ccccc1)O2. The smallest absolute Gasteiger partial charge is 0.409 e. The molecule has 34 heavy (non-hydrogen) atoms. The van der Waals surface area contributed by atoms with Crippen LogP contribution in [0, 0.1) is 11.6 Å². The second kappa shape index (κ2) is 8.58. The number of halogens is 3. The van der Waals surface area contributed by atoms with E-state index in [2.05, 4.69) is 4.74 Å². The Bertz CT molecular complexity index is 1260. The van der Waals surface area contributed by atoms with Gasteiger partial charge >= 0.3 is 11.9 Å². The zero-order chi connectivity index (χ0) is 24.8. The molecule has 0 radical (unpaired) electrons. The zero-order valence-electron chi connectivity index (χ0n) is 17.1. The molecular formula is C23H17ClF2O8. The number of carbonyl (C=O) groups is 1. The molecule has 8 nitrogen and oxygen atoms in total. The molecule has 0 saturated heterocycles. The first-order valence-electron chi connectivity index (χ1n) is 9.76. The summed E-state index contributed by atoms with van der Waals surface area (Å²) in [5, 5.41) is 45.8. The molecule has 0 amide bonds. The quantitative estimate of drug-likeness (QED) is 0.260. The van der Waals surface area contributed by atoms with Crippen molar-refractivity contribution in [3.8, 4) is 22.6 Å². The van der Waals surface area contributed by atoms with E-state index < -0.39 is 46.0 Å². The molecule has 1 heterocycles. The van der Waals surface area contributed by atoms with Gasteiger partial charge in [-0.3, -0.25) is 4.79 Å². The Kier molecular flexibility index (Phi) is 6.06. The molecule has 0 aromatic heterocycles. The minimum atomic E-state index is -4.20. The summed E-state index contributed by atoms with van der Waals surface area (Å²) in [6.45, 7) is 0. The van der Waals surface area contributed by atoms with Gasteiger partial charge in [0.25, 0.3) is 0 Å². The molecule has 0 aliphatic carbocycles. The molecule has 0 fully saturated rings. The van der Waals surface area contributed by atoms with Gasteiger partial charge in [0, 0.05) is 34.7 Å². The first-order chi connectivity index (χ1) is 15.9. The fraction of sp³-hybridized carbons (Fsp3) is 0.174. The van der Waals surface area contributed by atoms with Crippen LogP contribution in [0.1, 0.15) is 27.6 Å². The molecule has 4 rings (SSSR count). The third-order valence-electron chi connectivity index (χ3n) is 5.32. The third-order valence-corrected chi connectivity index (χ3v) is 5.69. The average molecular weight is 495 g/mol. The minimum Gasteiger partial charge on any atom is -0.485 e. The van der Waals surface area contributed by atoms with Crippen LogP contribution in [-0.4, -0.2) is 43.8 Å². The lowest BCUT2D eigenvalue weighted by Gasteiger charge is -2.29. The minimum absolute atomic E-state index is 0.0621. The molecule has 5 N–H and O–H groups in total. The number of ether oxygens (including phenoxy) is 2. The number of hydrogen-bond acceptors (Lipinski definition) is 8. The zero-order valence-corrected chi connectivity index (χ0v) is 17.8. The Morgan fingerprint density at radius 2 is 1.71 bits per heavy atom. The fourth-order valence-corrected chi connectivity index (χ4v) is 3.93. The lowest BCUT2D eigenvalue weighted by molar-refractivity contribution is -0.502. The predicted octanol–water partition coefficient (Wildman–Crippen LogP) is 2.42. The molecule has 1 aliphatic rings. The standard InChI is InChI=1S/C23H17ClF2O8/c24-20-14(25)9-17-13(8-16(33-17)11-4-2-1-3-5-11)19(20)18-12(10-27)6-7-15(21(18)26)34-23(31,32)22(28,29)30/h1-7,9-10,16,28-32H,8H2. The van der Waals surface area contributed by atoms with Crippen molar-refractivity contribution in [1.82, 2.24) is 0 Å². The number of carbonyl (C=O) groups excluding carboxylic acids is 1. The van der Waals surface area contributed by atoms with E-state index in [1.165, 1.54) is 0 Å². The fourth-order valence-electron chi connectivity index (χ4n) is 3.67. The van der Waals surface area contributed by atoms with Crippen LogP contribution in [0.3, 0.4) is 0 Å². The number of aldehydes is 1. The second-order valence-corrected chi connectivity index (χ2v) is 7.93. The summed E-state index contributed by atoms with van der Waals surface area (Å²) in [5.74, 6) is -11.6. The van der Waals surface area contributed by atoms with E-state index in [1.54, 1.807) is 30.3 Å². The highest BCUT2D eigenvalue weighted by Crippen LogP contribution is 2.48. The van der Waals surface area contributed by atoms with E-state index >= 15 is 4.39 Å². The number of fused-ring (bicyclic) bond motifs is 1. The van der Waals surface area contributed by atoms with Crippen molar-refractivity contribution in [1.29, 1.82) is 0 Å². The Morgan fingerprint density at radius 1 is 1.03 bits per heavy atom. The normalized spacial score (nSPS) is 15.6. The van der Waals surface area contributed by atoms with E-state index in [-0.39, 0.29) is 35.1 Å². The van der Waals surface area contributed by atoms with Crippen LogP contribution >= 0.6 is 11.6 Å². The number of hydrogen-bond donors (Lipinski definition) is 5. The molecule has 1 atom stereocenters. The number of benzene rings is 3. The van der Waals surface area contributed by atoms with E-state index in [0.29, 0.717) is 0 Å². The summed E-state index contributed by atoms with van der Waals surface area (Å²) in [5.41, 5.74) is -0.0533. The Morgan fingerprint density at radius 3 is 2.32 bits per heavy atom. The highest BCUT2D eigenvalue weighted by atomic mass is 35.5. The van der Waals surface area contributed by atoms with Crippen molar-refractivity contribution in [3.63, 3.8) is 0 Å². The Hall–Kier alpha value is -3.12. The molecule has 1 unspecified atom stereocenters. The monoisotopic (exact) mass is 494 g/mol. The van der Waals surface area contributed by atoms with Crippen LogP contribution < -0.4 is 9.47 Å². The summed E-state index contributed by atoms with van der Waals surface area (Å²) < 4.78 is 40.5. The van der Waals surface area contributed by atoms with E-state index in [1.807, 2.05) is 0 Å². The predicted molar refractivity (Wildman–Crippen MR) is 113 cm³/mol. The molecule has 0 saturated carbocycles. The average Bonchev–Trinajstić information content (AvgIpc) is 3.20. The van der Waals surface area contributed by atoms with Crippen molar-refractivity contribution in [2.45, 2.75) is 24.5 Å². The van der Waals surface area contributed by atoms with Gasteiger partial charge in [-0.25, -0.2) is 8.78 Å². The van der Waals surface area contributed by atoms with Gasteiger partial charge in [-0.2, -0.15) is 0 Å². The largest absolute Gasteiger partial charge is 0.485 e. The molecule has 0 spiro atoms. The molecule has 3 aromatic carbocycles. The molecule has 178 valence electrons. The Balaban J connectivity index is 1.88. The van der Waals surface area contributed by atoms with Gasteiger partial charge in [-0.1, -0.05) is 41.9 Å². The van der Waals surface area contributed by atoms with Crippen molar-refractivity contribution in [2.75, 3.05) is 0 Å². The Labute approximate surface area is 195 Å². The van der Waals surface area contributed by atoms with Gasteiger partial charge in [0.1, 0.15) is 17.7 Å². The first-order valence-corrected chi connectivity index (χ1v) is 10.1. The summed E-state index contributed by atoms with van der Waals surface area (Å²) >= 11 is 6.19. The van der Waals surface area contributed by atoms with Crippen molar-refractivity contribution in [2.24, 2.45) is 0 Å². The maximum absolute atomic E-state index is 15.6. The van der Waals surface area contributed by atoms with Crippen molar-refractivity contribution < 1.29 is 48.6 Å². The lowest BCUT2D eigenvalue weighted by atomic mass is 9.91. The van der Waals surface area contributed by atoms with Gasteiger partial charge in [-0.05, 0) is 17.7 Å². The molecule has 11 heteroatoms. The molecular weight excluding hydrogens is 478 g/mol. The summed E-state index contributed by atoms with van der Waals surface area (Å²) in [6, 6.07) is 11.7. The second-order valence-electron chi connectivity index (χ2n) is 7.55. The topological polar surface area (TPSA) is 137 Å². The first kappa shape index (κ1) is 24.0. The molecule has 0 bridgehead atoms. The van der Waals surface area contributed by atoms with Gasteiger partial charge in [0.2, 0.25) is 0 Å². The molecule has 3 aromatic rings. The highest BCUT2D eigenvalue weighted by molar-refractivity contribution is 6.34. The number of rotatable bonds is 6. The van der Waals surface area contributed by atoms with Crippen LogP contribution in [0.4, 0.5) is 8.78 Å². The van der Waals surface area contributed by atoms with Crippen LogP contribution in [0.5, 0.6) is 11.5 Å². The summed E-state index contributed by atoms with van der Waals surface area (Å²) in [4.78, 5) is 11.7. The van der Waals surface area contributed by atoms with Crippen LogP contribution in [0.25, 0.3) is 11.1 Å². The van der Waals surface area contributed by atoms with Crippen LogP contribution in [0.2, 0.25) is 5.02 Å². The van der Waals surface area contributed by atoms with Crippen molar-refractivity contribution in [3.05, 3.63) is 81.9 Å². The number of aliphatic hydroxyl groups is 5. The van der Waals surface area contributed by atoms with Crippen molar-refractivity contribution >= 4 is 17.9 Å². The van der Waals surface area contributed by atoms with Crippen LogP contribution in [-0.2, 0) is 6.42 Å². The maximum atomic E-state index is 15.6. The molecule has 1 aliphatic heterocycles. The van der Waals surface area contributed by atoms with E-state index in [9.17, 15) is 19.4 Å². The summed E-state index contributed by atoms with van der Waals surface area (Å²) in [6.07, 6.45) is -0.162. The van der Waals surface area contributed by atoms with E-state index in [0.717, 1.165) is 23.8 Å². The van der Waals surface area contributed by atoms with Gasteiger partial charge < -0.3 is 35.0 Å². The van der Waals surface area contributed by atoms with Gasteiger partial charge in [-0.15, -0.1) is 0 Å². The van der Waals surface area contributed by atoms with Crippen LogP contribution in [0.15, 0.2) is 48.5 Å². The maximum Gasteiger partial charge on any atom is 0.409 e. The van der Waals surface area contributed by atoms with Gasteiger partial charge in [0.15, 0.2) is 17.9 Å². The summed E-state index contributed by atoms with van der Waals surface area (Å²) in [7, 11) is 0. The van der Waals surface area contributed by atoms with Gasteiger partial charge in [0.05, 0.1) is 5.02 Å². The third kappa shape index (κ3) is 4.11. The van der Waals surface area contributed by atoms with E-state index in [4.69, 9.17) is 31.7 Å². The lowest BCUT2D eigenvalue weighted by Crippen LogP contribution is -2.58.